The topological polar surface area (TPSA) is 90.8 Å². The van der Waals surface area contributed by atoms with Gasteiger partial charge in [0.25, 0.3) is 0 Å². The van der Waals surface area contributed by atoms with Gasteiger partial charge in [0.05, 0.1) is 0 Å². The molecule has 6 heteroatoms. The summed E-state index contributed by atoms with van der Waals surface area (Å²) in [4.78, 5) is 15.5. The first-order valence-corrected chi connectivity index (χ1v) is 4.82. The molecule has 1 saturated heterocycles. The van der Waals surface area contributed by atoms with Crippen molar-refractivity contribution in [1.29, 1.82) is 0 Å². The largest absolute Gasteiger partial charge is 0.342 e. The van der Waals surface area contributed by atoms with E-state index in [2.05, 4.69) is 22.1 Å². The summed E-state index contributed by atoms with van der Waals surface area (Å²) in [5, 5.41) is 6.22. The molecule has 6 nitrogen and oxygen atoms in total. The van der Waals surface area contributed by atoms with Gasteiger partial charge in [-0.15, -0.1) is 5.10 Å². The van der Waals surface area contributed by atoms with Crippen LogP contribution in [0.4, 0.5) is 5.95 Å². The Morgan fingerprint density at radius 2 is 2.43 bits per heavy atom. The standard InChI is InChI=1S/C8H15N5O/c1-5-2-3-13(4-6(5)9)7-10-8(14)12-11-7/h5-6H,2-4,9H2,1H3,(H2,10,11,12,14). The maximum atomic E-state index is 10.8. The molecule has 1 fully saturated rings. The Labute approximate surface area is 81.5 Å². The lowest BCUT2D eigenvalue weighted by atomic mass is 9.95. The number of hydrogen-bond acceptors (Lipinski definition) is 4. The first kappa shape index (κ1) is 9.26. The maximum Gasteiger partial charge on any atom is 0.342 e. The number of aromatic amines is 2. The van der Waals surface area contributed by atoms with E-state index in [1.54, 1.807) is 0 Å². The van der Waals surface area contributed by atoms with Crippen LogP contribution in [0.1, 0.15) is 13.3 Å². The van der Waals surface area contributed by atoms with Gasteiger partial charge in [0.15, 0.2) is 0 Å². The number of nitrogens with zero attached hydrogens (tertiary/aromatic N) is 2. The van der Waals surface area contributed by atoms with Crippen LogP contribution in [0.25, 0.3) is 0 Å². The molecule has 78 valence electrons. The van der Waals surface area contributed by atoms with Gasteiger partial charge < -0.3 is 10.6 Å². The minimum atomic E-state index is -0.271. The van der Waals surface area contributed by atoms with E-state index in [-0.39, 0.29) is 11.7 Å². The number of anilines is 1. The zero-order chi connectivity index (χ0) is 10.1. The molecule has 2 rings (SSSR count). The van der Waals surface area contributed by atoms with Crippen molar-refractivity contribution in [2.24, 2.45) is 11.7 Å². The summed E-state index contributed by atoms with van der Waals surface area (Å²) in [5.74, 6) is 1.13. The van der Waals surface area contributed by atoms with Crippen LogP contribution >= 0.6 is 0 Å². The van der Waals surface area contributed by atoms with Crippen LogP contribution in [-0.2, 0) is 0 Å². The summed E-state index contributed by atoms with van der Waals surface area (Å²) in [5.41, 5.74) is 5.67. The minimum Gasteiger partial charge on any atom is -0.339 e. The fraction of sp³-hybridized carbons (Fsp3) is 0.750. The molecule has 0 amide bonds. The molecule has 2 atom stereocenters. The van der Waals surface area contributed by atoms with E-state index in [0.29, 0.717) is 11.9 Å². The van der Waals surface area contributed by atoms with Gasteiger partial charge in [0.2, 0.25) is 5.95 Å². The number of nitrogens with one attached hydrogen (secondary N) is 2. The zero-order valence-electron chi connectivity index (χ0n) is 8.16. The Hall–Kier alpha value is -1.30. The lowest BCUT2D eigenvalue weighted by molar-refractivity contribution is 0.376. The number of H-pyrrole nitrogens is 2. The predicted molar refractivity (Wildman–Crippen MR) is 53.2 cm³/mol. The first-order valence-electron chi connectivity index (χ1n) is 4.82. The van der Waals surface area contributed by atoms with E-state index in [0.717, 1.165) is 19.5 Å². The summed E-state index contributed by atoms with van der Waals surface area (Å²) in [7, 11) is 0. The van der Waals surface area contributed by atoms with E-state index in [1.807, 2.05) is 4.90 Å². The van der Waals surface area contributed by atoms with Gasteiger partial charge in [0, 0.05) is 19.1 Å². The third kappa shape index (κ3) is 1.65. The first-order chi connectivity index (χ1) is 6.66. The van der Waals surface area contributed by atoms with Gasteiger partial charge in [-0.25, -0.2) is 9.89 Å². The van der Waals surface area contributed by atoms with Crippen LogP contribution in [0.15, 0.2) is 4.79 Å². The molecule has 1 aromatic heterocycles. The lowest BCUT2D eigenvalue weighted by Gasteiger charge is -2.34. The third-order valence-electron chi connectivity index (χ3n) is 2.80. The average molecular weight is 197 g/mol. The van der Waals surface area contributed by atoms with Gasteiger partial charge >= 0.3 is 5.69 Å². The van der Waals surface area contributed by atoms with Crippen molar-refractivity contribution in [2.45, 2.75) is 19.4 Å². The van der Waals surface area contributed by atoms with Gasteiger partial charge in [-0.1, -0.05) is 6.92 Å². The van der Waals surface area contributed by atoms with Crippen LogP contribution in [-0.4, -0.2) is 34.3 Å². The van der Waals surface area contributed by atoms with Crippen LogP contribution < -0.4 is 16.3 Å². The number of nitrogens with two attached hydrogens (primary N) is 1. The molecule has 1 aliphatic rings. The van der Waals surface area contributed by atoms with Crippen LogP contribution in [0, 0.1) is 5.92 Å². The van der Waals surface area contributed by atoms with Gasteiger partial charge in [-0.3, -0.25) is 4.98 Å². The second-order valence-electron chi connectivity index (χ2n) is 3.88. The lowest BCUT2D eigenvalue weighted by Crippen LogP contribution is -2.48. The second-order valence-corrected chi connectivity index (χ2v) is 3.88. The second kappa shape index (κ2) is 3.45. The highest BCUT2D eigenvalue weighted by Gasteiger charge is 2.24. The highest BCUT2D eigenvalue weighted by Crippen LogP contribution is 2.17. The van der Waals surface area contributed by atoms with Crippen molar-refractivity contribution in [3.8, 4) is 0 Å². The molecule has 0 aliphatic carbocycles. The maximum absolute atomic E-state index is 10.8. The molecule has 1 aromatic rings. The summed E-state index contributed by atoms with van der Waals surface area (Å²) in [6, 6.07) is 0.156. The van der Waals surface area contributed by atoms with Crippen molar-refractivity contribution in [2.75, 3.05) is 18.0 Å². The van der Waals surface area contributed by atoms with E-state index in [9.17, 15) is 4.79 Å². The quantitative estimate of drug-likeness (QED) is 0.553. The molecule has 0 bridgehead atoms. The Morgan fingerprint density at radius 3 is 3.00 bits per heavy atom. The Morgan fingerprint density at radius 1 is 1.64 bits per heavy atom. The molecule has 4 N–H and O–H groups in total. The zero-order valence-corrected chi connectivity index (χ0v) is 8.16. The molecule has 0 saturated carbocycles. The highest BCUT2D eigenvalue weighted by atomic mass is 16.1. The fourth-order valence-electron chi connectivity index (χ4n) is 1.70. The molecule has 2 heterocycles. The summed E-state index contributed by atoms with van der Waals surface area (Å²) < 4.78 is 0. The van der Waals surface area contributed by atoms with E-state index in [4.69, 9.17) is 5.73 Å². The summed E-state index contributed by atoms with van der Waals surface area (Å²) in [6.45, 7) is 3.80. The Balaban J connectivity index is 2.10. The van der Waals surface area contributed by atoms with Gasteiger partial charge in [-0.2, -0.15) is 0 Å². The van der Waals surface area contributed by atoms with Crippen molar-refractivity contribution in [3.63, 3.8) is 0 Å². The Kier molecular flexibility index (Phi) is 2.28. The van der Waals surface area contributed by atoms with Gasteiger partial charge in [0.1, 0.15) is 0 Å². The Bertz CT molecular complexity index is 357. The molecule has 0 radical (unpaired) electrons. The number of hydrogen-bond donors (Lipinski definition) is 3. The van der Waals surface area contributed by atoms with Crippen molar-refractivity contribution in [3.05, 3.63) is 10.5 Å². The third-order valence-corrected chi connectivity index (χ3v) is 2.80. The van der Waals surface area contributed by atoms with Crippen LogP contribution in [0.5, 0.6) is 0 Å². The number of rotatable bonds is 1. The molecular weight excluding hydrogens is 182 g/mol. The number of piperidine rings is 1. The smallest absolute Gasteiger partial charge is 0.339 e. The molecule has 14 heavy (non-hydrogen) atoms. The summed E-state index contributed by atoms with van der Waals surface area (Å²) >= 11 is 0. The monoisotopic (exact) mass is 197 g/mol. The minimum absolute atomic E-state index is 0.156. The molecule has 0 spiro atoms. The van der Waals surface area contributed by atoms with E-state index < -0.39 is 0 Å². The fourth-order valence-corrected chi connectivity index (χ4v) is 1.70. The average Bonchev–Trinajstić information content (AvgIpc) is 2.57. The van der Waals surface area contributed by atoms with E-state index in [1.165, 1.54) is 0 Å². The predicted octanol–water partition coefficient (Wildman–Crippen LogP) is -0.728. The van der Waals surface area contributed by atoms with Crippen molar-refractivity contribution in [1.82, 2.24) is 15.2 Å². The molecular formula is C8H15N5O. The molecule has 1 aliphatic heterocycles. The SMILES string of the molecule is CC1CCN(c2n[nH]c(=O)[nH]2)CC1N. The highest BCUT2D eigenvalue weighted by molar-refractivity contribution is 5.28. The van der Waals surface area contributed by atoms with Crippen LogP contribution in [0.3, 0.4) is 0 Å². The van der Waals surface area contributed by atoms with Crippen LogP contribution in [0.2, 0.25) is 0 Å². The summed E-state index contributed by atoms with van der Waals surface area (Å²) in [6.07, 6.45) is 1.04. The van der Waals surface area contributed by atoms with Crippen molar-refractivity contribution >= 4 is 5.95 Å². The normalized spacial score (nSPS) is 28.0. The van der Waals surface area contributed by atoms with Gasteiger partial charge in [-0.05, 0) is 12.3 Å². The molecule has 0 aromatic carbocycles. The van der Waals surface area contributed by atoms with E-state index >= 15 is 0 Å². The molecule has 2 unspecified atom stereocenters. The number of aromatic nitrogens is 3. The van der Waals surface area contributed by atoms with Crippen molar-refractivity contribution < 1.29 is 0 Å².